The van der Waals surface area contributed by atoms with Crippen LogP contribution in [0.5, 0.6) is 0 Å². The summed E-state index contributed by atoms with van der Waals surface area (Å²) in [6.07, 6.45) is 0.539. The second-order valence-electron chi connectivity index (χ2n) is 3.45. The number of rotatable bonds is 5. The van der Waals surface area contributed by atoms with Crippen molar-refractivity contribution < 1.29 is 18.3 Å². The van der Waals surface area contributed by atoms with Gasteiger partial charge in [0.25, 0.3) is 0 Å². The molecule has 0 saturated heterocycles. The maximum atomic E-state index is 11.3. The monoisotopic (exact) mass is 258 g/mol. The molecule has 94 valence electrons. The summed E-state index contributed by atoms with van der Waals surface area (Å²) in [5.74, 6) is -0.286. The van der Waals surface area contributed by atoms with Gasteiger partial charge in [-0.1, -0.05) is 6.07 Å². The van der Waals surface area contributed by atoms with Gasteiger partial charge in [-0.05, 0) is 24.6 Å². The van der Waals surface area contributed by atoms with E-state index in [1.165, 1.54) is 18.2 Å². The first-order chi connectivity index (χ1) is 7.93. The van der Waals surface area contributed by atoms with E-state index in [0.717, 1.165) is 0 Å². The lowest BCUT2D eigenvalue weighted by molar-refractivity contribution is -0.116. The van der Waals surface area contributed by atoms with Gasteiger partial charge in [0.2, 0.25) is 15.9 Å². The average Bonchev–Trinajstić information content (AvgIpc) is 2.25. The number of benzene rings is 1. The number of hydrogen-bond donors (Lipinski definition) is 3. The molecule has 7 heteroatoms. The van der Waals surface area contributed by atoms with Crippen molar-refractivity contribution in [2.24, 2.45) is 5.14 Å². The first-order valence-electron chi connectivity index (χ1n) is 4.97. The third-order valence-corrected chi connectivity index (χ3v) is 2.92. The van der Waals surface area contributed by atoms with E-state index in [-0.39, 0.29) is 23.8 Å². The fraction of sp³-hybridized carbons (Fsp3) is 0.300. The highest BCUT2D eigenvalue weighted by atomic mass is 32.2. The lowest BCUT2D eigenvalue weighted by Gasteiger charge is -2.06. The second kappa shape index (κ2) is 5.76. The number of amides is 1. The van der Waals surface area contributed by atoms with E-state index in [1.54, 1.807) is 6.07 Å². The summed E-state index contributed by atoms with van der Waals surface area (Å²) >= 11 is 0. The van der Waals surface area contributed by atoms with Crippen molar-refractivity contribution in [3.05, 3.63) is 24.3 Å². The predicted octanol–water partition coefficient (Wildman–Crippen LogP) is 0.0450. The molecule has 0 saturated carbocycles. The van der Waals surface area contributed by atoms with Crippen LogP contribution in [0.3, 0.4) is 0 Å². The molecule has 0 unspecified atom stereocenters. The van der Waals surface area contributed by atoms with Crippen LogP contribution in [0.1, 0.15) is 12.8 Å². The van der Waals surface area contributed by atoms with E-state index in [2.05, 4.69) is 5.32 Å². The van der Waals surface area contributed by atoms with Gasteiger partial charge in [0.05, 0.1) is 4.90 Å². The molecule has 0 aromatic heterocycles. The van der Waals surface area contributed by atoms with Gasteiger partial charge in [-0.25, -0.2) is 13.6 Å². The quantitative estimate of drug-likeness (QED) is 0.692. The number of hydrogen-bond acceptors (Lipinski definition) is 4. The minimum Gasteiger partial charge on any atom is -0.396 e. The van der Waals surface area contributed by atoms with Crippen LogP contribution in [0.2, 0.25) is 0 Å². The van der Waals surface area contributed by atoms with Crippen molar-refractivity contribution in [3.8, 4) is 0 Å². The second-order valence-corrected chi connectivity index (χ2v) is 5.01. The van der Waals surface area contributed by atoms with Crippen LogP contribution in [0.4, 0.5) is 5.69 Å². The normalized spacial score (nSPS) is 11.2. The van der Waals surface area contributed by atoms with Crippen molar-refractivity contribution >= 4 is 21.6 Å². The standard InChI is InChI=1S/C10H14N2O4S/c11-17(15,16)9-4-1-3-8(7-9)12-10(14)5-2-6-13/h1,3-4,7,13H,2,5-6H2,(H,12,14)(H2,11,15,16). The smallest absolute Gasteiger partial charge is 0.238 e. The first kappa shape index (κ1) is 13.6. The van der Waals surface area contributed by atoms with Crippen LogP contribution in [-0.2, 0) is 14.8 Å². The Hall–Kier alpha value is -1.44. The van der Waals surface area contributed by atoms with Gasteiger partial charge in [0.1, 0.15) is 0 Å². The molecule has 0 aliphatic heterocycles. The summed E-state index contributed by atoms with van der Waals surface area (Å²) in [6.45, 7) is -0.0648. The summed E-state index contributed by atoms with van der Waals surface area (Å²) in [7, 11) is -3.77. The molecular formula is C10H14N2O4S. The molecule has 1 aromatic carbocycles. The number of aliphatic hydroxyl groups excluding tert-OH is 1. The molecule has 0 fully saturated rings. The summed E-state index contributed by atoms with van der Waals surface area (Å²) in [5, 5.41) is 16.0. The fourth-order valence-corrected chi connectivity index (χ4v) is 1.77. The summed E-state index contributed by atoms with van der Waals surface area (Å²) in [5.41, 5.74) is 0.361. The van der Waals surface area contributed by atoms with Gasteiger partial charge in [0, 0.05) is 18.7 Å². The fourth-order valence-electron chi connectivity index (χ4n) is 1.21. The Bertz CT molecular complexity index is 499. The lowest BCUT2D eigenvalue weighted by atomic mass is 10.3. The van der Waals surface area contributed by atoms with Crippen LogP contribution in [0, 0.1) is 0 Å². The van der Waals surface area contributed by atoms with Crippen molar-refractivity contribution in [1.29, 1.82) is 0 Å². The molecular weight excluding hydrogens is 244 g/mol. The molecule has 17 heavy (non-hydrogen) atoms. The number of nitrogens with one attached hydrogen (secondary N) is 1. The number of sulfonamides is 1. The minimum atomic E-state index is -3.77. The molecule has 0 spiro atoms. The van der Waals surface area contributed by atoms with E-state index in [0.29, 0.717) is 12.1 Å². The zero-order valence-corrected chi connectivity index (χ0v) is 9.90. The highest BCUT2D eigenvalue weighted by molar-refractivity contribution is 7.89. The SMILES string of the molecule is NS(=O)(=O)c1cccc(NC(=O)CCCO)c1. The number of anilines is 1. The molecule has 1 aromatic rings. The third-order valence-electron chi connectivity index (χ3n) is 2.01. The molecule has 0 radical (unpaired) electrons. The summed E-state index contributed by atoms with van der Waals surface area (Å²) < 4.78 is 22.1. The largest absolute Gasteiger partial charge is 0.396 e. The maximum Gasteiger partial charge on any atom is 0.238 e. The zero-order chi connectivity index (χ0) is 12.9. The van der Waals surface area contributed by atoms with Gasteiger partial charge in [-0.3, -0.25) is 4.79 Å². The van der Waals surface area contributed by atoms with Crippen molar-refractivity contribution in [2.75, 3.05) is 11.9 Å². The van der Waals surface area contributed by atoms with E-state index in [9.17, 15) is 13.2 Å². The first-order valence-corrected chi connectivity index (χ1v) is 6.51. The van der Waals surface area contributed by atoms with Gasteiger partial charge < -0.3 is 10.4 Å². The molecule has 0 aliphatic rings. The number of carbonyl (C=O) groups is 1. The van der Waals surface area contributed by atoms with Crippen LogP contribution in [-0.4, -0.2) is 26.0 Å². The van der Waals surface area contributed by atoms with E-state index >= 15 is 0 Å². The molecule has 0 bridgehead atoms. The highest BCUT2D eigenvalue weighted by Gasteiger charge is 2.09. The lowest BCUT2D eigenvalue weighted by Crippen LogP contribution is -2.14. The number of carbonyl (C=O) groups excluding carboxylic acids is 1. The Morgan fingerprint density at radius 1 is 1.41 bits per heavy atom. The topological polar surface area (TPSA) is 109 Å². The summed E-state index contributed by atoms with van der Waals surface area (Å²) in [4.78, 5) is 11.3. The van der Waals surface area contributed by atoms with Gasteiger partial charge in [-0.2, -0.15) is 0 Å². The van der Waals surface area contributed by atoms with E-state index < -0.39 is 10.0 Å². The van der Waals surface area contributed by atoms with Gasteiger partial charge >= 0.3 is 0 Å². The zero-order valence-electron chi connectivity index (χ0n) is 9.09. The Morgan fingerprint density at radius 2 is 2.12 bits per heavy atom. The Kier molecular flexibility index (Phi) is 4.62. The van der Waals surface area contributed by atoms with Crippen molar-refractivity contribution in [1.82, 2.24) is 0 Å². The van der Waals surface area contributed by atoms with Crippen LogP contribution in [0.15, 0.2) is 29.2 Å². The molecule has 6 nitrogen and oxygen atoms in total. The van der Waals surface area contributed by atoms with E-state index in [4.69, 9.17) is 10.2 Å². The number of nitrogens with two attached hydrogens (primary N) is 1. The Balaban J connectivity index is 2.76. The number of primary sulfonamides is 1. The van der Waals surface area contributed by atoms with Crippen molar-refractivity contribution in [2.45, 2.75) is 17.7 Å². The summed E-state index contributed by atoms with van der Waals surface area (Å²) in [6, 6.07) is 5.68. The predicted molar refractivity (Wildman–Crippen MR) is 62.8 cm³/mol. The van der Waals surface area contributed by atoms with Crippen molar-refractivity contribution in [3.63, 3.8) is 0 Å². The molecule has 0 aliphatic carbocycles. The van der Waals surface area contributed by atoms with Crippen LogP contribution < -0.4 is 10.5 Å². The minimum absolute atomic E-state index is 0.0579. The average molecular weight is 258 g/mol. The molecule has 4 N–H and O–H groups in total. The maximum absolute atomic E-state index is 11.3. The molecule has 1 rings (SSSR count). The number of aliphatic hydroxyl groups is 1. The van der Waals surface area contributed by atoms with Gasteiger partial charge in [0.15, 0.2) is 0 Å². The van der Waals surface area contributed by atoms with Crippen LogP contribution >= 0.6 is 0 Å². The van der Waals surface area contributed by atoms with E-state index in [1.807, 2.05) is 0 Å². The molecule has 0 atom stereocenters. The molecule has 0 heterocycles. The molecule has 1 amide bonds. The Morgan fingerprint density at radius 3 is 2.71 bits per heavy atom. The van der Waals surface area contributed by atoms with Gasteiger partial charge in [-0.15, -0.1) is 0 Å². The van der Waals surface area contributed by atoms with Crippen LogP contribution in [0.25, 0.3) is 0 Å². The Labute approximate surface area is 99.5 Å². The highest BCUT2D eigenvalue weighted by Crippen LogP contribution is 2.14. The third kappa shape index (κ3) is 4.51.